The van der Waals surface area contributed by atoms with Crippen molar-refractivity contribution < 1.29 is 37.5 Å². The summed E-state index contributed by atoms with van der Waals surface area (Å²) in [6.45, 7) is 0. The minimum atomic E-state index is -0.353. The molecule has 0 radical (unpaired) electrons. The van der Waals surface area contributed by atoms with Crippen LogP contribution in [0.15, 0.2) is 168 Å². The van der Waals surface area contributed by atoms with Crippen LogP contribution in [0, 0.1) is 0 Å². The van der Waals surface area contributed by atoms with Gasteiger partial charge in [0.2, 0.25) is 0 Å². The molecule has 0 atom stereocenters. The molecule has 4 aromatic carbocycles. The van der Waals surface area contributed by atoms with Gasteiger partial charge in [-0.15, -0.1) is 24.8 Å². The summed E-state index contributed by atoms with van der Waals surface area (Å²) in [4.78, 5) is 0. The van der Waals surface area contributed by atoms with Crippen LogP contribution in [0.4, 0.5) is 0 Å². The van der Waals surface area contributed by atoms with E-state index in [1.54, 1.807) is 10.6 Å². The van der Waals surface area contributed by atoms with Gasteiger partial charge in [-0.25, -0.2) is 0 Å². The largest absolute Gasteiger partial charge is 0.147 e. The van der Waals surface area contributed by atoms with Crippen LogP contribution in [-0.4, -0.2) is 0 Å². The third kappa shape index (κ3) is 9.78. The zero-order chi connectivity index (χ0) is 24.4. The summed E-state index contributed by atoms with van der Waals surface area (Å²) in [6, 6.07) is 43.4. The first-order chi connectivity index (χ1) is 17.9. The van der Waals surface area contributed by atoms with Gasteiger partial charge in [-0.2, -0.15) is 0 Å². The molecule has 0 saturated carbocycles. The molecule has 2 aliphatic carbocycles. The van der Waals surface area contributed by atoms with Crippen LogP contribution < -0.4 is 21.2 Å². The van der Waals surface area contributed by atoms with Crippen LogP contribution in [0.2, 0.25) is 0 Å². The van der Waals surface area contributed by atoms with Gasteiger partial charge < -0.3 is 0 Å². The van der Waals surface area contributed by atoms with Gasteiger partial charge in [0.15, 0.2) is 0 Å². The van der Waals surface area contributed by atoms with Crippen molar-refractivity contribution >= 4 is 61.9 Å². The van der Waals surface area contributed by atoms with E-state index in [1.807, 2.05) is 0 Å². The van der Waals surface area contributed by atoms with Crippen molar-refractivity contribution in [3.63, 3.8) is 0 Å². The third-order valence-electron chi connectivity index (χ3n) is 6.14. The van der Waals surface area contributed by atoms with Crippen molar-refractivity contribution in [3.05, 3.63) is 168 Å². The second-order valence-electron chi connectivity index (χ2n) is 8.59. The molecule has 0 heterocycles. The smallest absolute Gasteiger partial charge is 0 e. The van der Waals surface area contributed by atoms with Gasteiger partial charge in [0.25, 0.3) is 0 Å². The fourth-order valence-corrected chi connectivity index (χ4v) is 9.32. The minimum Gasteiger partial charge on any atom is -0.147 e. The topological polar surface area (TPSA) is 0 Å². The fourth-order valence-electron chi connectivity index (χ4n) is 4.47. The molecule has 0 unspecified atom stereocenters. The van der Waals surface area contributed by atoms with Crippen LogP contribution >= 0.6 is 40.7 Å². The van der Waals surface area contributed by atoms with Gasteiger partial charge in [-0.05, 0) is 60.5 Å². The summed E-state index contributed by atoms with van der Waals surface area (Å²) in [5.41, 5.74) is 0. The minimum absolute atomic E-state index is 0. The molecule has 0 bridgehead atoms. The second-order valence-corrected chi connectivity index (χ2v) is 13.1. The Morgan fingerprint density at radius 1 is 0.400 bits per heavy atom. The number of hydrogen-bond acceptors (Lipinski definition) is 0. The molecular formula is C34H32Cl2FeP2Pd. The number of rotatable bonds is 6. The van der Waals surface area contributed by atoms with Crippen molar-refractivity contribution in [2.75, 3.05) is 0 Å². The monoisotopic (exact) mass is 734 g/mol. The molecule has 0 saturated heterocycles. The van der Waals surface area contributed by atoms with E-state index in [-0.39, 0.29) is 78.1 Å². The fraction of sp³-hybridized carbons (Fsp3) is 0.0588. The first-order valence-electron chi connectivity index (χ1n) is 12.4. The third-order valence-corrected chi connectivity index (χ3v) is 11.2. The van der Waals surface area contributed by atoms with Gasteiger partial charge in [-0.3, -0.25) is 0 Å². The first kappa shape index (κ1) is 36.5. The molecule has 4 aromatic rings. The summed E-state index contributed by atoms with van der Waals surface area (Å²) in [5.74, 6) is 0. The molecule has 0 aromatic heterocycles. The van der Waals surface area contributed by atoms with E-state index in [2.05, 4.69) is 158 Å². The molecule has 40 heavy (non-hydrogen) atoms. The molecule has 0 aliphatic heterocycles. The second kappa shape index (κ2) is 19.6. The molecule has 2 aliphatic rings. The maximum Gasteiger partial charge on any atom is 0 e. The van der Waals surface area contributed by atoms with E-state index in [0.717, 1.165) is 12.8 Å². The van der Waals surface area contributed by atoms with Crippen molar-refractivity contribution in [3.8, 4) is 0 Å². The van der Waals surface area contributed by atoms with Gasteiger partial charge in [0.1, 0.15) is 0 Å². The Kier molecular flexibility index (Phi) is 17.8. The summed E-state index contributed by atoms with van der Waals surface area (Å²) >= 11 is 0. The van der Waals surface area contributed by atoms with Crippen LogP contribution in [0.25, 0.3) is 0 Å². The Morgan fingerprint density at radius 3 is 0.850 bits per heavy atom. The summed E-state index contributed by atoms with van der Waals surface area (Å²) in [6.07, 6.45) is 15.6. The Labute approximate surface area is 278 Å². The van der Waals surface area contributed by atoms with Gasteiger partial charge in [0.05, 0.1) is 0 Å². The number of hydrogen-bond donors (Lipinski definition) is 0. The van der Waals surface area contributed by atoms with Crippen molar-refractivity contribution in [1.82, 2.24) is 0 Å². The Balaban J connectivity index is 0.000000364. The Bertz CT molecular complexity index is 1190. The zero-order valence-electron chi connectivity index (χ0n) is 21.8. The Morgan fingerprint density at radius 2 is 0.650 bits per heavy atom. The standard InChI is InChI=1S/2C17H15P.2ClH.Fe.Pd/c2*1-3-9-15(10-4-1)18(17-13-7-8-14-17)16-11-5-2-6-12-16;;;;/h2*1-13H,14H2;2*1H;;. The molecule has 6 heteroatoms. The zero-order valence-corrected chi connectivity index (χ0v) is 27.9. The van der Waals surface area contributed by atoms with E-state index in [0.29, 0.717) is 0 Å². The van der Waals surface area contributed by atoms with Gasteiger partial charge in [0, 0.05) is 37.5 Å². The van der Waals surface area contributed by atoms with Crippen LogP contribution in [-0.2, 0) is 37.5 Å². The van der Waals surface area contributed by atoms with E-state index >= 15 is 0 Å². The number of benzene rings is 4. The molecule has 0 nitrogen and oxygen atoms in total. The predicted octanol–water partition coefficient (Wildman–Crippen LogP) is 8.76. The van der Waals surface area contributed by atoms with Crippen LogP contribution in [0.1, 0.15) is 12.8 Å². The molecule has 0 N–H and O–H groups in total. The van der Waals surface area contributed by atoms with E-state index < -0.39 is 0 Å². The van der Waals surface area contributed by atoms with Crippen molar-refractivity contribution in [2.45, 2.75) is 12.8 Å². The Hall–Kier alpha value is -1.54. The van der Waals surface area contributed by atoms with Crippen molar-refractivity contribution in [1.29, 1.82) is 0 Å². The molecule has 210 valence electrons. The molecule has 0 amide bonds. The van der Waals surface area contributed by atoms with E-state index in [9.17, 15) is 0 Å². The normalized spacial score (nSPS) is 12.6. The van der Waals surface area contributed by atoms with E-state index in [1.165, 1.54) is 21.2 Å². The van der Waals surface area contributed by atoms with Gasteiger partial charge >= 0.3 is 0 Å². The SMILES string of the molecule is C1=CCC(P(c2ccccc2)c2ccccc2)=C1.C1=CCC(P(c2ccccc2)c2ccccc2)=C1.Cl.Cl.[Fe].[Pd]. The maximum absolute atomic E-state index is 2.28. The van der Waals surface area contributed by atoms with Crippen molar-refractivity contribution in [2.24, 2.45) is 0 Å². The quantitative estimate of drug-likeness (QED) is 0.137. The van der Waals surface area contributed by atoms with Crippen LogP contribution in [0.3, 0.4) is 0 Å². The molecule has 0 spiro atoms. The molecular weight excluding hydrogens is 703 g/mol. The summed E-state index contributed by atoms with van der Waals surface area (Å²) in [5, 5.41) is 8.84. The predicted molar refractivity (Wildman–Crippen MR) is 176 cm³/mol. The summed E-state index contributed by atoms with van der Waals surface area (Å²) < 4.78 is 0. The summed E-state index contributed by atoms with van der Waals surface area (Å²) in [7, 11) is -0.707. The number of halogens is 2. The van der Waals surface area contributed by atoms with E-state index in [4.69, 9.17) is 0 Å². The maximum atomic E-state index is 2.28. The number of allylic oxidation sites excluding steroid dienone is 8. The average Bonchev–Trinajstić information content (AvgIpc) is 3.68. The average molecular weight is 736 g/mol. The molecule has 0 fully saturated rings. The first-order valence-corrected chi connectivity index (χ1v) is 15.1. The molecule has 6 rings (SSSR count). The van der Waals surface area contributed by atoms with Crippen LogP contribution in [0.5, 0.6) is 0 Å². The van der Waals surface area contributed by atoms with Gasteiger partial charge in [-0.1, -0.05) is 158 Å².